The molecule has 2 heterocycles. The Morgan fingerprint density at radius 3 is 3.06 bits per heavy atom. The van der Waals surface area contributed by atoms with Gasteiger partial charge in [0.25, 0.3) is 0 Å². The van der Waals surface area contributed by atoms with Crippen LogP contribution in [0.2, 0.25) is 0 Å². The van der Waals surface area contributed by atoms with E-state index < -0.39 is 0 Å². The Morgan fingerprint density at radius 2 is 2.24 bits per heavy atom. The van der Waals surface area contributed by atoms with Gasteiger partial charge >= 0.3 is 0 Å². The topological polar surface area (TPSA) is 69.1 Å². The van der Waals surface area contributed by atoms with Crippen molar-refractivity contribution in [3.8, 4) is 0 Å². The highest BCUT2D eigenvalue weighted by atomic mass is 15.3. The lowest BCUT2D eigenvalue weighted by atomic mass is 9.85. The molecule has 1 saturated carbocycles. The van der Waals surface area contributed by atoms with Crippen LogP contribution in [0.25, 0.3) is 5.65 Å². The molecule has 3 rings (SSSR count). The van der Waals surface area contributed by atoms with Crippen LogP contribution in [0.5, 0.6) is 0 Å². The summed E-state index contributed by atoms with van der Waals surface area (Å²) in [6.07, 6.45) is 8.24. The van der Waals surface area contributed by atoms with Crippen molar-refractivity contribution in [1.82, 2.24) is 19.6 Å². The molecule has 5 heteroatoms. The predicted octanol–water partition coefficient (Wildman–Crippen LogP) is 1.42. The summed E-state index contributed by atoms with van der Waals surface area (Å²) >= 11 is 0. The summed E-state index contributed by atoms with van der Waals surface area (Å²) in [4.78, 5) is 4.23. The molecule has 2 atom stereocenters. The first-order valence-corrected chi connectivity index (χ1v) is 6.17. The Labute approximate surface area is 100 Å². The minimum absolute atomic E-state index is 0.309. The van der Waals surface area contributed by atoms with Gasteiger partial charge in [-0.2, -0.15) is 0 Å². The molecule has 0 unspecified atom stereocenters. The first-order chi connectivity index (χ1) is 8.25. The first kappa shape index (κ1) is 10.7. The van der Waals surface area contributed by atoms with Crippen LogP contribution in [0.15, 0.2) is 12.4 Å². The molecule has 0 bridgehead atoms. The number of fused-ring (bicyclic) bond motifs is 1. The monoisotopic (exact) mass is 231 g/mol. The van der Waals surface area contributed by atoms with Gasteiger partial charge in [0.1, 0.15) is 5.82 Å². The van der Waals surface area contributed by atoms with Crippen molar-refractivity contribution in [3.63, 3.8) is 0 Å². The highest BCUT2D eigenvalue weighted by Crippen LogP contribution is 2.31. The van der Waals surface area contributed by atoms with E-state index in [0.717, 1.165) is 36.4 Å². The second kappa shape index (κ2) is 4.07. The Balaban J connectivity index is 2.02. The Kier molecular flexibility index (Phi) is 2.55. The SMILES string of the molecule is Cc1nccn2c([C@H]3CCC[C@@H](N)C3)nnc12. The molecular weight excluding hydrogens is 214 g/mol. The van der Waals surface area contributed by atoms with Gasteiger partial charge in [0.05, 0.1) is 5.69 Å². The maximum absolute atomic E-state index is 6.04. The van der Waals surface area contributed by atoms with Crippen LogP contribution in [-0.4, -0.2) is 25.6 Å². The quantitative estimate of drug-likeness (QED) is 0.805. The van der Waals surface area contributed by atoms with E-state index in [1.807, 2.05) is 13.1 Å². The molecule has 0 amide bonds. The van der Waals surface area contributed by atoms with Crippen molar-refractivity contribution in [3.05, 3.63) is 23.9 Å². The predicted molar refractivity (Wildman–Crippen MR) is 64.7 cm³/mol. The van der Waals surface area contributed by atoms with Gasteiger partial charge in [-0.25, -0.2) is 0 Å². The van der Waals surface area contributed by atoms with E-state index in [4.69, 9.17) is 5.73 Å². The van der Waals surface area contributed by atoms with Gasteiger partial charge in [-0.3, -0.25) is 9.38 Å². The lowest BCUT2D eigenvalue weighted by Crippen LogP contribution is -2.27. The van der Waals surface area contributed by atoms with Gasteiger partial charge in [0, 0.05) is 24.4 Å². The minimum Gasteiger partial charge on any atom is -0.328 e. The molecule has 2 N–H and O–H groups in total. The standard InChI is InChI=1S/C12H17N5/c1-8-11-15-16-12(17(11)6-5-14-8)9-3-2-4-10(13)7-9/h5-6,9-10H,2-4,7,13H2,1H3/t9-,10+/m0/s1. The third-order valence-corrected chi connectivity index (χ3v) is 3.61. The third-order valence-electron chi connectivity index (χ3n) is 3.61. The zero-order chi connectivity index (χ0) is 11.8. The fourth-order valence-electron chi connectivity index (χ4n) is 2.71. The Hall–Kier alpha value is -1.49. The number of aryl methyl sites for hydroxylation is 1. The van der Waals surface area contributed by atoms with Crippen LogP contribution in [0.4, 0.5) is 0 Å². The van der Waals surface area contributed by atoms with Gasteiger partial charge in [-0.15, -0.1) is 10.2 Å². The lowest BCUT2D eigenvalue weighted by molar-refractivity contribution is 0.380. The fraction of sp³-hybridized carbons (Fsp3) is 0.583. The highest BCUT2D eigenvalue weighted by molar-refractivity contribution is 5.42. The van der Waals surface area contributed by atoms with Crippen molar-refractivity contribution in [2.75, 3.05) is 0 Å². The van der Waals surface area contributed by atoms with Gasteiger partial charge in [0.2, 0.25) is 0 Å². The second-order valence-electron chi connectivity index (χ2n) is 4.89. The number of aromatic nitrogens is 4. The maximum Gasteiger partial charge on any atom is 0.182 e. The maximum atomic E-state index is 6.04. The van der Waals surface area contributed by atoms with Crippen molar-refractivity contribution in [2.24, 2.45) is 5.73 Å². The smallest absolute Gasteiger partial charge is 0.182 e. The third kappa shape index (κ3) is 1.80. The van der Waals surface area contributed by atoms with E-state index in [1.165, 1.54) is 6.42 Å². The normalized spacial score (nSPS) is 25.3. The number of nitrogens with zero attached hydrogens (tertiary/aromatic N) is 4. The molecule has 1 aliphatic rings. The fourth-order valence-corrected chi connectivity index (χ4v) is 2.71. The molecule has 0 spiro atoms. The summed E-state index contributed by atoms with van der Waals surface area (Å²) in [6, 6.07) is 0.309. The highest BCUT2D eigenvalue weighted by Gasteiger charge is 2.24. The summed E-state index contributed by atoms with van der Waals surface area (Å²) in [7, 11) is 0. The molecular formula is C12H17N5. The van der Waals surface area contributed by atoms with Gasteiger partial charge in [-0.1, -0.05) is 6.42 Å². The van der Waals surface area contributed by atoms with Crippen LogP contribution in [-0.2, 0) is 0 Å². The molecule has 0 saturated heterocycles. The van der Waals surface area contributed by atoms with Crippen LogP contribution >= 0.6 is 0 Å². The van der Waals surface area contributed by atoms with Gasteiger partial charge < -0.3 is 5.73 Å². The first-order valence-electron chi connectivity index (χ1n) is 6.17. The van der Waals surface area contributed by atoms with Crippen molar-refractivity contribution in [2.45, 2.75) is 44.6 Å². The van der Waals surface area contributed by atoms with Crippen molar-refractivity contribution in [1.29, 1.82) is 0 Å². The van der Waals surface area contributed by atoms with E-state index in [9.17, 15) is 0 Å². The van der Waals surface area contributed by atoms with E-state index >= 15 is 0 Å². The average molecular weight is 231 g/mol. The number of hydrogen-bond acceptors (Lipinski definition) is 4. The number of rotatable bonds is 1. The average Bonchev–Trinajstić information content (AvgIpc) is 2.74. The van der Waals surface area contributed by atoms with E-state index in [-0.39, 0.29) is 0 Å². The molecule has 5 nitrogen and oxygen atoms in total. The summed E-state index contributed by atoms with van der Waals surface area (Å²) < 4.78 is 2.06. The summed E-state index contributed by atoms with van der Waals surface area (Å²) in [5.74, 6) is 1.48. The lowest BCUT2D eigenvalue weighted by Gasteiger charge is -2.25. The summed E-state index contributed by atoms with van der Waals surface area (Å²) in [5, 5.41) is 8.56. The van der Waals surface area contributed by atoms with E-state index in [2.05, 4.69) is 19.6 Å². The summed E-state index contributed by atoms with van der Waals surface area (Å²) in [6.45, 7) is 1.96. The molecule has 0 radical (unpaired) electrons. The molecule has 2 aromatic heterocycles. The zero-order valence-corrected chi connectivity index (χ0v) is 10.0. The zero-order valence-electron chi connectivity index (χ0n) is 10.0. The van der Waals surface area contributed by atoms with Gasteiger partial charge in [0.15, 0.2) is 5.65 Å². The Morgan fingerprint density at radius 1 is 1.35 bits per heavy atom. The van der Waals surface area contributed by atoms with E-state index in [1.54, 1.807) is 6.20 Å². The van der Waals surface area contributed by atoms with Crippen LogP contribution in [0, 0.1) is 6.92 Å². The minimum atomic E-state index is 0.309. The molecule has 0 aromatic carbocycles. The van der Waals surface area contributed by atoms with Crippen LogP contribution < -0.4 is 5.73 Å². The van der Waals surface area contributed by atoms with Crippen LogP contribution in [0.3, 0.4) is 0 Å². The Bertz CT molecular complexity index is 533. The van der Waals surface area contributed by atoms with E-state index in [0.29, 0.717) is 12.0 Å². The number of hydrogen-bond donors (Lipinski definition) is 1. The molecule has 1 aliphatic carbocycles. The molecule has 1 fully saturated rings. The van der Waals surface area contributed by atoms with Crippen molar-refractivity contribution >= 4 is 5.65 Å². The number of nitrogens with two attached hydrogens (primary N) is 1. The second-order valence-corrected chi connectivity index (χ2v) is 4.89. The molecule has 2 aromatic rings. The molecule has 90 valence electrons. The van der Waals surface area contributed by atoms with Crippen LogP contribution in [0.1, 0.15) is 43.1 Å². The molecule has 17 heavy (non-hydrogen) atoms. The molecule has 0 aliphatic heterocycles. The van der Waals surface area contributed by atoms with Crippen molar-refractivity contribution < 1.29 is 0 Å². The largest absolute Gasteiger partial charge is 0.328 e. The summed E-state index contributed by atoms with van der Waals surface area (Å²) in [5.41, 5.74) is 7.82. The van der Waals surface area contributed by atoms with Gasteiger partial charge in [-0.05, 0) is 26.2 Å².